The molecule has 252 valence electrons. The zero-order valence-electron chi connectivity index (χ0n) is 27.4. The van der Waals surface area contributed by atoms with Crippen molar-refractivity contribution in [2.24, 2.45) is 0 Å². The summed E-state index contributed by atoms with van der Waals surface area (Å²) < 4.78 is 58.6. The van der Waals surface area contributed by atoms with Gasteiger partial charge in [-0.15, -0.1) is 0 Å². The quantitative estimate of drug-likeness (QED) is 0.327. The second-order valence-electron chi connectivity index (χ2n) is 12.2. The van der Waals surface area contributed by atoms with Crippen LogP contribution in [0.25, 0.3) is 0 Å². The van der Waals surface area contributed by atoms with Crippen LogP contribution in [-0.4, -0.2) is 49.3 Å². The van der Waals surface area contributed by atoms with E-state index in [1.54, 1.807) is 62.4 Å². The number of nitrogens with one attached hydrogen (secondary N) is 2. The van der Waals surface area contributed by atoms with E-state index in [0.29, 0.717) is 11.1 Å². The predicted octanol–water partition coefficient (Wildman–Crippen LogP) is 4.41. The van der Waals surface area contributed by atoms with Gasteiger partial charge in [0.15, 0.2) is 0 Å². The van der Waals surface area contributed by atoms with Gasteiger partial charge in [-0.3, -0.25) is 9.59 Å². The van der Waals surface area contributed by atoms with Gasteiger partial charge in [0.05, 0.1) is 9.79 Å². The monoisotopic (exact) mass is 688 g/mol. The molecule has 4 aromatic carbocycles. The van der Waals surface area contributed by atoms with Gasteiger partial charge in [-0.25, -0.2) is 16.8 Å². The van der Waals surface area contributed by atoms with Crippen molar-refractivity contribution in [2.45, 2.75) is 75.7 Å². The molecule has 2 amide bonds. The molecule has 2 atom stereocenters. The van der Waals surface area contributed by atoms with E-state index >= 15 is 0 Å². The first-order valence-corrected chi connectivity index (χ1v) is 18.5. The fourth-order valence-electron chi connectivity index (χ4n) is 5.45. The molecule has 0 aliphatic carbocycles. The van der Waals surface area contributed by atoms with Crippen molar-refractivity contribution < 1.29 is 26.4 Å². The lowest BCUT2D eigenvalue weighted by molar-refractivity contribution is -0.125. The summed E-state index contributed by atoms with van der Waals surface area (Å²) in [6.07, 6.45) is 0. The number of rotatable bonds is 4. The lowest BCUT2D eigenvalue weighted by Gasteiger charge is -2.29. The highest BCUT2D eigenvalue weighted by molar-refractivity contribution is 7.89. The second-order valence-corrected chi connectivity index (χ2v) is 15.9. The number of hydrogen-bond donors (Lipinski definition) is 2. The van der Waals surface area contributed by atoms with Crippen molar-refractivity contribution in [2.75, 3.05) is 0 Å². The fourth-order valence-corrected chi connectivity index (χ4v) is 8.61. The maximum absolute atomic E-state index is 14.1. The minimum absolute atomic E-state index is 0.0492. The largest absolute Gasteiger partial charge is 0.351 e. The summed E-state index contributed by atoms with van der Waals surface area (Å²) in [4.78, 5) is 27.0. The number of fused-ring (bicyclic) bond motifs is 12. The van der Waals surface area contributed by atoms with Crippen LogP contribution in [0.5, 0.6) is 0 Å². The molecule has 12 heteroatoms. The average Bonchev–Trinajstić information content (AvgIpc) is 3.07. The highest BCUT2D eigenvalue weighted by Crippen LogP contribution is 2.25. The molecule has 4 bridgehead atoms. The number of aryl methyl sites for hydroxylation is 2. The van der Waals surface area contributed by atoms with Crippen LogP contribution in [0, 0.1) is 13.8 Å². The lowest BCUT2D eigenvalue weighted by atomic mass is 10.1. The summed E-state index contributed by atoms with van der Waals surface area (Å²) in [6, 6.07) is 24.8. The molecule has 4 aromatic rings. The van der Waals surface area contributed by atoms with Gasteiger partial charge in [-0.1, -0.05) is 83.9 Å². The molecule has 2 heterocycles. The number of nitrogens with zero attached hydrogens (tertiary/aromatic N) is 2. The van der Waals surface area contributed by atoms with Crippen molar-refractivity contribution in [1.29, 1.82) is 0 Å². The Labute approximate surface area is 282 Å². The number of hydrogen-bond acceptors (Lipinski definition) is 6. The molecule has 0 radical (unpaired) electrons. The first-order chi connectivity index (χ1) is 22.8. The standard InChI is InChI=1S/C36H40N4O6S2/c1-25-8-16-33(17-9-25)47(43,44)39-23-31-6-5-7-32(20-31)24-40(48(45,46)34-18-10-26(2)11-19-34)28(4)36(42)38-22-30-14-12-29(13-15-30)21-37-35(41)27(39)3/h5-20,27-28H,21-24H2,1-4H3,(H,37,41)(H,38,42)/t27-,28-/m0/s1. The Kier molecular flexibility index (Phi) is 10.5. The first kappa shape index (κ1) is 35.0. The molecule has 48 heavy (non-hydrogen) atoms. The summed E-state index contributed by atoms with van der Waals surface area (Å²) >= 11 is 0. The van der Waals surface area contributed by atoms with Crippen molar-refractivity contribution >= 4 is 31.9 Å². The third-order valence-electron chi connectivity index (χ3n) is 8.50. The van der Waals surface area contributed by atoms with Crippen LogP contribution < -0.4 is 10.6 Å². The number of amides is 2. The maximum atomic E-state index is 14.1. The summed E-state index contributed by atoms with van der Waals surface area (Å²) in [5.41, 5.74) is 4.44. The van der Waals surface area contributed by atoms with E-state index in [1.807, 2.05) is 38.1 Å². The van der Waals surface area contributed by atoms with Crippen molar-refractivity contribution in [3.05, 3.63) is 130 Å². The van der Waals surface area contributed by atoms with E-state index in [2.05, 4.69) is 10.6 Å². The highest BCUT2D eigenvalue weighted by atomic mass is 32.2. The topological polar surface area (TPSA) is 133 Å². The van der Waals surface area contributed by atoms with Gasteiger partial charge in [0, 0.05) is 26.2 Å². The summed E-state index contributed by atoms with van der Waals surface area (Å²) in [6.45, 7) is 6.84. The SMILES string of the molecule is Cc1ccc(S(=O)(=O)N2Cc3cccc(c3)CN(S(=O)(=O)c3ccc(C)cc3)[C@@H](C)C(=O)NCc3ccc(cc3)CNC(=O)[C@@H]2C)cc1. The van der Waals surface area contributed by atoms with Crippen LogP contribution in [0.4, 0.5) is 0 Å². The minimum atomic E-state index is -4.15. The van der Waals surface area contributed by atoms with Crippen molar-refractivity contribution in [3.8, 4) is 0 Å². The van der Waals surface area contributed by atoms with Crippen molar-refractivity contribution in [3.63, 3.8) is 0 Å². The molecule has 0 aromatic heterocycles. The molecule has 6 rings (SSSR count). The smallest absolute Gasteiger partial charge is 0.244 e. The molecule has 2 N–H and O–H groups in total. The van der Waals surface area contributed by atoms with E-state index in [0.717, 1.165) is 30.9 Å². The van der Waals surface area contributed by atoms with Crippen LogP contribution in [0.2, 0.25) is 0 Å². The predicted molar refractivity (Wildman–Crippen MR) is 183 cm³/mol. The Morgan fingerprint density at radius 2 is 0.896 bits per heavy atom. The fraction of sp³-hybridized carbons (Fsp3) is 0.278. The van der Waals surface area contributed by atoms with Crippen LogP contribution >= 0.6 is 0 Å². The highest BCUT2D eigenvalue weighted by Gasteiger charge is 2.35. The Hall–Kier alpha value is -4.36. The van der Waals surface area contributed by atoms with Gasteiger partial charge in [0.25, 0.3) is 0 Å². The number of carbonyl (C=O) groups is 2. The van der Waals surface area contributed by atoms with Gasteiger partial charge in [0.2, 0.25) is 31.9 Å². The Bertz CT molecular complexity index is 1860. The Morgan fingerprint density at radius 1 is 0.542 bits per heavy atom. The molecule has 0 saturated heterocycles. The molecule has 2 aliphatic rings. The van der Waals surface area contributed by atoms with E-state index in [4.69, 9.17) is 0 Å². The van der Waals surface area contributed by atoms with Crippen molar-refractivity contribution in [1.82, 2.24) is 19.2 Å². The maximum Gasteiger partial charge on any atom is 0.244 e. The van der Waals surface area contributed by atoms with E-state index in [9.17, 15) is 26.4 Å². The minimum Gasteiger partial charge on any atom is -0.351 e. The molecular formula is C36H40N4O6S2. The molecular weight excluding hydrogens is 649 g/mol. The van der Waals surface area contributed by atoms with Gasteiger partial charge < -0.3 is 10.6 Å². The molecule has 0 spiro atoms. The van der Waals surface area contributed by atoms with E-state index in [-0.39, 0.29) is 36.0 Å². The lowest BCUT2D eigenvalue weighted by Crippen LogP contribution is -2.47. The van der Waals surface area contributed by atoms with Crippen LogP contribution in [0.15, 0.2) is 107 Å². The molecule has 10 nitrogen and oxygen atoms in total. The Balaban J connectivity index is 1.59. The second kappa shape index (κ2) is 14.4. The Morgan fingerprint density at radius 3 is 1.25 bits per heavy atom. The van der Waals surface area contributed by atoms with Gasteiger partial charge in [-0.05, 0) is 74.2 Å². The normalized spacial score (nSPS) is 19.1. The molecule has 2 aliphatic heterocycles. The third kappa shape index (κ3) is 7.84. The van der Waals surface area contributed by atoms with Gasteiger partial charge in [-0.2, -0.15) is 8.61 Å². The number of carbonyl (C=O) groups excluding carboxylic acids is 2. The zero-order chi connectivity index (χ0) is 34.6. The van der Waals surface area contributed by atoms with Crippen LogP contribution in [0.3, 0.4) is 0 Å². The third-order valence-corrected chi connectivity index (χ3v) is 12.4. The summed E-state index contributed by atoms with van der Waals surface area (Å²) in [7, 11) is -8.30. The van der Waals surface area contributed by atoms with E-state index in [1.165, 1.54) is 24.3 Å². The molecule has 0 fully saturated rings. The average molecular weight is 689 g/mol. The molecule has 0 unspecified atom stereocenters. The summed E-state index contributed by atoms with van der Waals surface area (Å²) in [5.74, 6) is -0.944. The first-order valence-electron chi connectivity index (χ1n) is 15.6. The van der Waals surface area contributed by atoms with Gasteiger partial charge >= 0.3 is 0 Å². The zero-order valence-corrected chi connectivity index (χ0v) is 29.0. The van der Waals surface area contributed by atoms with E-state index < -0.39 is 43.9 Å². The number of sulfonamides is 2. The van der Waals surface area contributed by atoms with Gasteiger partial charge in [0.1, 0.15) is 12.1 Å². The molecule has 0 saturated carbocycles. The van der Waals surface area contributed by atoms with Crippen LogP contribution in [-0.2, 0) is 55.8 Å². The summed E-state index contributed by atoms with van der Waals surface area (Å²) in [5, 5.41) is 5.72. The van der Waals surface area contributed by atoms with Crippen LogP contribution in [0.1, 0.15) is 47.2 Å². The number of benzene rings is 4.